The van der Waals surface area contributed by atoms with E-state index in [2.05, 4.69) is 15.4 Å². The number of amides is 4. The van der Waals surface area contributed by atoms with Crippen LogP contribution in [0, 0.1) is 10.8 Å². The number of benzene rings is 1. The van der Waals surface area contributed by atoms with Crippen molar-refractivity contribution in [3.8, 4) is 17.4 Å². The first kappa shape index (κ1) is 40.3. The molecule has 1 aromatic heterocycles. The Balaban J connectivity index is 1.34. The quantitative estimate of drug-likeness (QED) is 0.282. The molecule has 4 fully saturated rings. The van der Waals surface area contributed by atoms with E-state index in [1.54, 1.807) is 53.7 Å². The van der Waals surface area contributed by atoms with Gasteiger partial charge in [-0.05, 0) is 78.2 Å². The van der Waals surface area contributed by atoms with Crippen molar-refractivity contribution in [3.05, 3.63) is 18.0 Å². The number of aromatic nitrogens is 2. The van der Waals surface area contributed by atoms with Crippen LogP contribution in [0.3, 0.4) is 0 Å². The van der Waals surface area contributed by atoms with Crippen LogP contribution < -0.4 is 29.6 Å². The minimum atomic E-state index is -3.99. The van der Waals surface area contributed by atoms with Crippen LogP contribution in [0.5, 0.6) is 17.4 Å². The zero-order valence-electron chi connectivity index (χ0n) is 33.3. The summed E-state index contributed by atoms with van der Waals surface area (Å²) < 4.78 is 50.8. The van der Waals surface area contributed by atoms with Crippen LogP contribution in [0.15, 0.2) is 12.1 Å². The van der Waals surface area contributed by atoms with Crippen molar-refractivity contribution in [2.45, 2.75) is 134 Å². The smallest absolute Gasteiger partial charge is 0.408 e. The molecule has 17 heteroatoms. The van der Waals surface area contributed by atoms with E-state index in [0.717, 1.165) is 12.8 Å². The number of ether oxygens (including phenoxy) is 4. The summed E-state index contributed by atoms with van der Waals surface area (Å²) in [6, 6.07) is 1.19. The number of carbonyl (C=O) groups is 4. The lowest BCUT2D eigenvalue weighted by Crippen LogP contribution is -2.60. The van der Waals surface area contributed by atoms with Gasteiger partial charge in [-0.2, -0.15) is 4.98 Å². The molecule has 1 spiro atoms. The number of carbonyl (C=O) groups excluding carboxylic acids is 4. The SMILES string of the molecule is COc1cc2nc(C3CC3)nc(O[C@@H]3CC(C(=O)NC4(C(=O)NS(=O)(=O)C(C)C)CC45CC5)N(C(=O)C(NC(=O)OC(C)(C)C)C(C)(C)C)C3)c2cc1OC. The first-order valence-corrected chi connectivity index (χ1v) is 20.4. The van der Waals surface area contributed by atoms with E-state index in [1.807, 2.05) is 0 Å². The number of hydrogen-bond acceptors (Lipinski definition) is 12. The molecule has 16 nitrogen and oxygen atoms in total. The normalized spacial score (nSPS) is 23.6. The van der Waals surface area contributed by atoms with E-state index < -0.39 is 79.2 Å². The second-order valence-electron chi connectivity index (χ2n) is 17.7. The highest BCUT2D eigenvalue weighted by Gasteiger charge is 2.79. The third kappa shape index (κ3) is 8.12. The van der Waals surface area contributed by atoms with Crippen LogP contribution in [0.4, 0.5) is 4.79 Å². The lowest BCUT2D eigenvalue weighted by molar-refractivity contribution is -0.143. The minimum Gasteiger partial charge on any atom is -0.493 e. The molecule has 2 aromatic rings. The fourth-order valence-corrected chi connectivity index (χ4v) is 7.90. The Morgan fingerprint density at radius 1 is 0.964 bits per heavy atom. The van der Waals surface area contributed by atoms with E-state index >= 15 is 0 Å². The van der Waals surface area contributed by atoms with E-state index in [-0.39, 0.29) is 31.2 Å². The molecular weight excluding hydrogens is 733 g/mol. The van der Waals surface area contributed by atoms with E-state index in [9.17, 15) is 27.6 Å². The topological polar surface area (TPSA) is 204 Å². The van der Waals surface area contributed by atoms with Crippen LogP contribution in [-0.4, -0.2) is 102 Å². The van der Waals surface area contributed by atoms with Gasteiger partial charge in [0.15, 0.2) is 11.5 Å². The van der Waals surface area contributed by atoms with Crippen molar-refractivity contribution in [1.29, 1.82) is 0 Å². The summed E-state index contributed by atoms with van der Waals surface area (Å²) in [5.74, 6) is -0.0413. The summed E-state index contributed by atoms with van der Waals surface area (Å²) in [6.07, 6.45) is 1.87. The molecule has 1 saturated heterocycles. The number of rotatable bonds is 12. The summed E-state index contributed by atoms with van der Waals surface area (Å²) in [7, 11) is -0.938. The second-order valence-corrected chi connectivity index (χ2v) is 19.9. The molecule has 3 saturated carbocycles. The number of nitrogens with zero attached hydrogens (tertiary/aromatic N) is 3. The molecule has 4 aliphatic rings. The van der Waals surface area contributed by atoms with Crippen LogP contribution in [0.1, 0.15) is 106 Å². The van der Waals surface area contributed by atoms with Gasteiger partial charge >= 0.3 is 6.09 Å². The molecule has 1 aliphatic heterocycles. The average Bonchev–Trinajstić information content (AvgIpc) is 4.03. The van der Waals surface area contributed by atoms with Gasteiger partial charge in [-0.15, -0.1) is 0 Å². The lowest BCUT2D eigenvalue weighted by atomic mass is 9.85. The predicted molar refractivity (Wildman–Crippen MR) is 201 cm³/mol. The summed E-state index contributed by atoms with van der Waals surface area (Å²) in [6.45, 7) is 13.3. The fourth-order valence-electron chi connectivity index (χ4n) is 7.23. The van der Waals surface area contributed by atoms with Gasteiger partial charge in [0.1, 0.15) is 35.2 Å². The van der Waals surface area contributed by atoms with Gasteiger partial charge in [0.25, 0.3) is 5.91 Å². The number of alkyl carbamates (subject to hydrolysis) is 1. The van der Waals surface area contributed by atoms with E-state index in [0.29, 0.717) is 41.1 Å². The van der Waals surface area contributed by atoms with Crippen molar-refractivity contribution in [3.63, 3.8) is 0 Å². The Morgan fingerprint density at radius 3 is 2.13 bits per heavy atom. The maximum Gasteiger partial charge on any atom is 0.408 e. The zero-order chi connectivity index (χ0) is 40.5. The van der Waals surface area contributed by atoms with Gasteiger partial charge < -0.3 is 34.5 Å². The molecular formula is C38H54N6O10S. The molecule has 302 valence electrons. The average molecular weight is 787 g/mol. The zero-order valence-corrected chi connectivity index (χ0v) is 34.1. The molecule has 6 rings (SSSR count). The van der Waals surface area contributed by atoms with Crippen molar-refractivity contribution in [2.24, 2.45) is 10.8 Å². The second kappa shape index (κ2) is 14.0. The molecule has 3 aliphatic carbocycles. The lowest BCUT2D eigenvalue weighted by Gasteiger charge is -2.36. The number of likely N-dealkylation sites (tertiary alicyclic amines) is 1. The summed E-state index contributed by atoms with van der Waals surface area (Å²) >= 11 is 0. The number of methoxy groups -OCH3 is 2. The predicted octanol–water partition coefficient (Wildman–Crippen LogP) is 3.71. The van der Waals surface area contributed by atoms with E-state index in [4.69, 9.17) is 28.9 Å². The van der Waals surface area contributed by atoms with Crippen LogP contribution in [0.25, 0.3) is 10.9 Å². The Hall–Kier alpha value is -4.41. The maximum atomic E-state index is 14.6. The van der Waals surface area contributed by atoms with Gasteiger partial charge in [-0.3, -0.25) is 19.1 Å². The highest BCUT2D eigenvalue weighted by atomic mass is 32.2. The molecule has 4 amide bonds. The van der Waals surface area contributed by atoms with Crippen LogP contribution in [-0.2, 0) is 29.1 Å². The molecule has 1 aromatic carbocycles. The number of hydrogen-bond donors (Lipinski definition) is 3. The van der Waals surface area contributed by atoms with Gasteiger partial charge in [-0.25, -0.2) is 18.2 Å². The molecule has 2 heterocycles. The van der Waals surface area contributed by atoms with Crippen LogP contribution in [0.2, 0.25) is 0 Å². The third-order valence-electron chi connectivity index (χ3n) is 10.8. The fraction of sp³-hybridized carbons (Fsp3) is 0.684. The third-order valence-corrected chi connectivity index (χ3v) is 12.6. The first-order valence-electron chi connectivity index (χ1n) is 18.8. The monoisotopic (exact) mass is 786 g/mol. The highest BCUT2D eigenvalue weighted by molar-refractivity contribution is 7.90. The minimum absolute atomic E-state index is 0.00735. The molecule has 0 radical (unpaired) electrons. The van der Waals surface area contributed by atoms with Crippen molar-refractivity contribution in [2.75, 3.05) is 20.8 Å². The molecule has 3 unspecified atom stereocenters. The summed E-state index contributed by atoms with van der Waals surface area (Å²) in [5, 5.41) is 5.30. The highest BCUT2D eigenvalue weighted by Crippen LogP contribution is 2.73. The van der Waals surface area contributed by atoms with Gasteiger partial charge in [0.05, 0.1) is 36.9 Å². The molecule has 4 atom stereocenters. The first-order chi connectivity index (χ1) is 25.5. The maximum absolute atomic E-state index is 14.6. The van der Waals surface area contributed by atoms with Gasteiger partial charge in [0.2, 0.25) is 27.7 Å². The Kier molecular flexibility index (Phi) is 10.2. The van der Waals surface area contributed by atoms with Crippen molar-refractivity contribution < 1.29 is 46.5 Å². The summed E-state index contributed by atoms with van der Waals surface area (Å²) in [4.78, 5) is 66.8. The molecule has 3 N–H and O–H groups in total. The van der Waals surface area contributed by atoms with Crippen molar-refractivity contribution >= 4 is 44.7 Å². The molecule has 55 heavy (non-hydrogen) atoms. The van der Waals surface area contributed by atoms with Gasteiger partial charge in [-0.1, -0.05) is 20.8 Å². The molecule has 0 bridgehead atoms. The Morgan fingerprint density at radius 2 is 1.60 bits per heavy atom. The van der Waals surface area contributed by atoms with Gasteiger partial charge in [0, 0.05) is 23.8 Å². The Labute approximate surface area is 322 Å². The Bertz CT molecular complexity index is 2000. The number of nitrogens with one attached hydrogen (secondary N) is 3. The number of fused-ring (bicyclic) bond motifs is 1. The van der Waals surface area contributed by atoms with Crippen molar-refractivity contribution in [1.82, 2.24) is 30.2 Å². The van der Waals surface area contributed by atoms with Crippen LogP contribution >= 0.6 is 0 Å². The summed E-state index contributed by atoms with van der Waals surface area (Å²) in [5.41, 5.74) is -3.08. The largest absolute Gasteiger partial charge is 0.493 e. The van der Waals surface area contributed by atoms with E-state index in [1.165, 1.54) is 33.0 Å². The number of sulfonamides is 1. The standard InChI is InChI=1S/C38H54N6O10S/c1-20(2)55(49,50)43-33(47)38(19-37(38)13-14-37)42-30(45)25-15-22(18-44(25)32(46)28(35(3,4)5)40-34(48)54-36(6,7)8)53-31-23-16-26(51-9)27(52-10)17-24(23)39-29(41-31)21-11-12-21/h16-17,20-22,25,28H,11-15,18-19H2,1-10H3,(H,40,48)(H,42,45)(H,43,47)/t22-,25?,28?,38?/m1/s1.